The van der Waals surface area contributed by atoms with Gasteiger partial charge in [-0.25, -0.2) is 4.98 Å². The summed E-state index contributed by atoms with van der Waals surface area (Å²) in [6.07, 6.45) is 3.59. The van der Waals surface area contributed by atoms with Crippen molar-refractivity contribution in [1.29, 1.82) is 0 Å². The minimum absolute atomic E-state index is 0.798. The summed E-state index contributed by atoms with van der Waals surface area (Å²) >= 11 is 1.74. The van der Waals surface area contributed by atoms with Gasteiger partial charge in [-0.15, -0.1) is 11.8 Å². The average molecular weight is 205 g/mol. The molecule has 0 aliphatic heterocycles. The van der Waals surface area contributed by atoms with Gasteiger partial charge in [0.05, 0.1) is 5.75 Å². The van der Waals surface area contributed by atoms with Crippen LogP contribution in [0.25, 0.3) is 0 Å². The zero-order valence-electron chi connectivity index (χ0n) is 7.60. The molecule has 1 heterocycles. The van der Waals surface area contributed by atoms with Crippen molar-refractivity contribution in [3.05, 3.63) is 42.5 Å². The summed E-state index contributed by atoms with van der Waals surface area (Å²) in [6.45, 7) is 0. The molecule has 0 atom stereocenters. The van der Waals surface area contributed by atoms with Crippen LogP contribution >= 0.6 is 11.8 Å². The molecule has 72 valence electrons. The quantitative estimate of drug-likeness (QED) is 0.597. The molecule has 0 aliphatic carbocycles. The van der Waals surface area contributed by atoms with Crippen LogP contribution in [0.15, 0.2) is 41.6 Å². The van der Waals surface area contributed by atoms with Gasteiger partial charge in [-0.1, -0.05) is 0 Å². The molecule has 0 radical (unpaired) electrons. The molecule has 1 aromatic heterocycles. The third-order valence-electron chi connectivity index (χ3n) is 1.81. The first kappa shape index (κ1) is 9.15. The maximum Gasteiger partial charge on any atom is 0.116 e. The lowest BCUT2D eigenvalue weighted by Gasteiger charge is -1.99. The summed E-state index contributed by atoms with van der Waals surface area (Å²) in [5.74, 6) is 1.85. The molecule has 3 N–H and O–H groups in total. The third kappa shape index (κ3) is 2.29. The highest BCUT2D eigenvalue weighted by atomic mass is 32.2. The molecule has 0 unspecified atom stereocenters. The molecule has 2 rings (SSSR count). The van der Waals surface area contributed by atoms with E-state index in [1.807, 2.05) is 30.5 Å². The Morgan fingerprint density at radius 3 is 2.71 bits per heavy atom. The number of H-pyrrole nitrogens is 1. The second-order valence-corrected chi connectivity index (χ2v) is 3.94. The van der Waals surface area contributed by atoms with Gasteiger partial charge in [0.2, 0.25) is 0 Å². The number of benzene rings is 1. The summed E-state index contributed by atoms with van der Waals surface area (Å²) in [5, 5.41) is 0. The zero-order valence-corrected chi connectivity index (χ0v) is 8.42. The van der Waals surface area contributed by atoms with Crippen LogP contribution in [0.3, 0.4) is 0 Å². The topological polar surface area (TPSA) is 54.7 Å². The molecule has 4 heteroatoms. The molecule has 0 saturated heterocycles. The number of nitrogens with zero attached hydrogens (tertiary/aromatic N) is 1. The molecule has 0 spiro atoms. The molecule has 0 bridgehead atoms. The third-order valence-corrected chi connectivity index (χ3v) is 2.83. The number of nitrogens with one attached hydrogen (secondary N) is 1. The van der Waals surface area contributed by atoms with Gasteiger partial charge in [-0.05, 0) is 24.3 Å². The lowest BCUT2D eigenvalue weighted by Crippen LogP contribution is -1.85. The van der Waals surface area contributed by atoms with Crippen molar-refractivity contribution in [2.75, 3.05) is 5.73 Å². The van der Waals surface area contributed by atoms with E-state index in [1.165, 1.54) is 4.90 Å². The number of aromatic nitrogens is 2. The van der Waals surface area contributed by atoms with Gasteiger partial charge in [0.1, 0.15) is 5.82 Å². The minimum Gasteiger partial charge on any atom is -0.399 e. The lowest BCUT2D eigenvalue weighted by atomic mass is 10.3. The summed E-state index contributed by atoms with van der Waals surface area (Å²) in [6, 6.07) is 7.85. The Labute approximate surface area is 86.7 Å². The molecular weight excluding hydrogens is 194 g/mol. The molecule has 0 saturated carbocycles. The van der Waals surface area contributed by atoms with Crippen molar-refractivity contribution in [1.82, 2.24) is 9.97 Å². The number of thioether (sulfide) groups is 1. The first-order valence-corrected chi connectivity index (χ1v) is 5.30. The monoisotopic (exact) mass is 205 g/mol. The van der Waals surface area contributed by atoms with E-state index < -0.39 is 0 Å². The number of rotatable bonds is 3. The maximum atomic E-state index is 5.59. The van der Waals surface area contributed by atoms with E-state index in [-0.39, 0.29) is 0 Å². The number of nitrogens with two attached hydrogens (primary N) is 1. The Balaban J connectivity index is 1.95. The van der Waals surface area contributed by atoms with Crippen molar-refractivity contribution in [2.24, 2.45) is 0 Å². The normalized spacial score (nSPS) is 10.3. The fraction of sp³-hybridized carbons (Fsp3) is 0.100. The largest absolute Gasteiger partial charge is 0.399 e. The second kappa shape index (κ2) is 4.19. The van der Waals surface area contributed by atoms with Crippen molar-refractivity contribution in [2.45, 2.75) is 10.6 Å². The van der Waals surface area contributed by atoms with E-state index in [9.17, 15) is 0 Å². The van der Waals surface area contributed by atoms with E-state index in [2.05, 4.69) is 9.97 Å². The Bertz CT molecular complexity index is 380. The molecular formula is C10H11N3S. The van der Waals surface area contributed by atoms with E-state index in [1.54, 1.807) is 18.0 Å². The van der Waals surface area contributed by atoms with E-state index in [4.69, 9.17) is 5.73 Å². The number of hydrogen-bond donors (Lipinski definition) is 2. The predicted octanol–water partition coefficient (Wildman–Crippen LogP) is 2.28. The van der Waals surface area contributed by atoms with Crippen LogP contribution in [-0.2, 0) is 5.75 Å². The predicted molar refractivity (Wildman–Crippen MR) is 59.0 cm³/mol. The van der Waals surface area contributed by atoms with Crippen LogP contribution in [0.2, 0.25) is 0 Å². The van der Waals surface area contributed by atoms with E-state index in [0.29, 0.717) is 0 Å². The van der Waals surface area contributed by atoms with E-state index >= 15 is 0 Å². The fourth-order valence-corrected chi connectivity index (χ4v) is 1.88. The molecule has 2 aromatic rings. The van der Waals surface area contributed by atoms with Gasteiger partial charge in [0.25, 0.3) is 0 Å². The van der Waals surface area contributed by atoms with Crippen molar-refractivity contribution in [3.63, 3.8) is 0 Å². The molecule has 1 aromatic carbocycles. The first-order valence-electron chi connectivity index (χ1n) is 4.31. The van der Waals surface area contributed by atoms with Crippen molar-refractivity contribution in [3.8, 4) is 0 Å². The number of hydrogen-bond acceptors (Lipinski definition) is 3. The lowest BCUT2D eigenvalue weighted by molar-refractivity contribution is 1.12. The standard InChI is InChI=1S/C10H11N3S/c11-8-1-3-9(4-2-8)14-7-10-12-5-6-13-10/h1-6H,7,11H2,(H,12,13). The number of aromatic amines is 1. The van der Waals surface area contributed by atoms with Crippen molar-refractivity contribution < 1.29 is 0 Å². The van der Waals surface area contributed by atoms with Crippen LogP contribution in [0.5, 0.6) is 0 Å². The van der Waals surface area contributed by atoms with Gasteiger partial charge < -0.3 is 10.7 Å². The number of anilines is 1. The molecule has 14 heavy (non-hydrogen) atoms. The SMILES string of the molecule is Nc1ccc(SCc2ncc[nH]2)cc1. The molecule has 0 aliphatic rings. The second-order valence-electron chi connectivity index (χ2n) is 2.89. The van der Waals surface area contributed by atoms with Crippen molar-refractivity contribution >= 4 is 17.4 Å². The van der Waals surface area contributed by atoms with Crippen LogP contribution in [-0.4, -0.2) is 9.97 Å². The number of imidazole rings is 1. The smallest absolute Gasteiger partial charge is 0.116 e. The van der Waals surface area contributed by atoms with Gasteiger partial charge in [0.15, 0.2) is 0 Å². The Morgan fingerprint density at radius 1 is 1.29 bits per heavy atom. The highest BCUT2D eigenvalue weighted by Crippen LogP contribution is 2.21. The molecule has 3 nitrogen and oxygen atoms in total. The van der Waals surface area contributed by atoms with Gasteiger partial charge in [-0.2, -0.15) is 0 Å². The Hall–Kier alpha value is -1.42. The number of nitrogen functional groups attached to an aromatic ring is 1. The fourth-order valence-electron chi connectivity index (χ4n) is 1.09. The van der Waals surface area contributed by atoms with E-state index in [0.717, 1.165) is 17.3 Å². The van der Waals surface area contributed by atoms with Gasteiger partial charge in [-0.3, -0.25) is 0 Å². The Kier molecular flexibility index (Phi) is 2.74. The molecule has 0 fully saturated rings. The summed E-state index contributed by atoms with van der Waals surface area (Å²) < 4.78 is 0. The minimum atomic E-state index is 0.798. The van der Waals surface area contributed by atoms with Gasteiger partial charge >= 0.3 is 0 Å². The highest BCUT2D eigenvalue weighted by molar-refractivity contribution is 7.98. The summed E-state index contributed by atoms with van der Waals surface area (Å²) in [5.41, 5.74) is 6.39. The Morgan fingerprint density at radius 2 is 2.07 bits per heavy atom. The summed E-state index contributed by atoms with van der Waals surface area (Å²) in [7, 11) is 0. The van der Waals surface area contributed by atoms with Crippen LogP contribution < -0.4 is 5.73 Å². The average Bonchev–Trinajstić information content (AvgIpc) is 2.70. The molecule has 0 amide bonds. The maximum absolute atomic E-state index is 5.59. The first-order chi connectivity index (χ1) is 6.84. The highest BCUT2D eigenvalue weighted by Gasteiger charge is 1.97. The van der Waals surface area contributed by atoms with Crippen LogP contribution in [0.1, 0.15) is 5.82 Å². The van der Waals surface area contributed by atoms with Crippen LogP contribution in [0.4, 0.5) is 5.69 Å². The summed E-state index contributed by atoms with van der Waals surface area (Å²) in [4.78, 5) is 8.41. The van der Waals surface area contributed by atoms with Crippen LogP contribution in [0, 0.1) is 0 Å². The zero-order chi connectivity index (χ0) is 9.80. The van der Waals surface area contributed by atoms with Gasteiger partial charge in [0, 0.05) is 23.0 Å².